The normalized spacial score (nSPS) is 16.3. The van der Waals surface area contributed by atoms with Crippen LogP contribution >= 0.6 is 57.9 Å². The van der Waals surface area contributed by atoms with Crippen LogP contribution in [0.15, 0.2) is 21.9 Å². The molecule has 0 saturated carbocycles. The van der Waals surface area contributed by atoms with Crippen LogP contribution in [0.3, 0.4) is 0 Å². The van der Waals surface area contributed by atoms with Gasteiger partial charge in [0.25, 0.3) is 0 Å². The summed E-state index contributed by atoms with van der Waals surface area (Å²) in [7, 11) is 0. The maximum atomic E-state index is 12.3. The molecule has 1 aliphatic rings. The minimum absolute atomic E-state index is 0.0780. The van der Waals surface area contributed by atoms with Crippen LogP contribution in [-0.4, -0.2) is 52.7 Å². The second kappa shape index (κ2) is 11.1. The van der Waals surface area contributed by atoms with Gasteiger partial charge in [0.05, 0.1) is 21.2 Å². The Morgan fingerprint density at radius 3 is 2.74 bits per heavy atom. The topological polar surface area (TPSA) is 71.5 Å². The lowest BCUT2D eigenvalue weighted by Crippen LogP contribution is -2.39. The number of nitrogens with zero attached hydrogens (tertiary/aromatic N) is 2. The molecule has 0 spiro atoms. The average Bonchev–Trinajstić information content (AvgIpc) is 3.31. The van der Waals surface area contributed by atoms with Crippen molar-refractivity contribution in [1.29, 1.82) is 0 Å². The van der Waals surface area contributed by atoms with E-state index in [0.29, 0.717) is 46.0 Å². The fraction of sp³-hybridized carbons (Fsp3) is 0.450. The van der Waals surface area contributed by atoms with E-state index >= 15 is 0 Å². The van der Waals surface area contributed by atoms with Gasteiger partial charge < -0.3 is 15.0 Å². The summed E-state index contributed by atoms with van der Waals surface area (Å²) in [4.78, 5) is 30.5. The number of ether oxygens (including phenoxy) is 1. The molecule has 0 unspecified atom stereocenters. The average molecular weight is 523 g/mol. The van der Waals surface area contributed by atoms with Crippen LogP contribution in [0.2, 0.25) is 15.1 Å². The lowest BCUT2D eigenvalue weighted by Gasteiger charge is -2.25. The lowest BCUT2D eigenvalue weighted by molar-refractivity contribution is -0.128. The van der Waals surface area contributed by atoms with Gasteiger partial charge in [-0.3, -0.25) is 4.79 Å². The molecule has 0 radical (unpaired) electrons. The van der Waals surface area contributed by atoms with E-state index in [2.05, 4.69) is 10.3 Å². The minimum atomic E-state index is -0.415. The summed E-state index contributed by atoms with van der Waals surface area (Å²) >= 11 is 21.1. The first kappa shape index (κ1) is 24.5. The van der Waals surface area contributed by atoms with E-state index < -0.39 is 5.97 Å². The first-order chi connectivity index (χ1) is 14.7. The summed E-state index contributed by atoms with van der Waals surface area (Å²) in [6.45, 7) is 4.79. The van der Waals surface area contributed by atoms with Gasteiger partial charge in [-0.05, 0) is 32.4 Å². The Labute approximate surface area is 204 Å². The summed E-state index contributed by atoms with van der Waals surface area (Å²) in [6, 6.07) is 3.52. The summed E-state index contributed by atoms with van der Waals surface area (Å²) in [6.07, 6.45) is 1.13. The third-order valence-corrected chi connectivity index (χ3v) is 7.77. The number of carbonyl (C=O) groups is 2. The van der Waals surface area contributed by atoms with Gasteiger partial charge >= 0.3 is 5.97 Å². The van der Waals surface area contributed by atoms with Crippen LogP contribution in [-0.2, 0) is 9.53 Å². The number of anilines is 1. The zero-order valence-corrected chi connectivity index (χ0v) is 20.9. The molecule has 0 bridgehead atoms. The highest BCUT2D eigenvalue weighted by Crippen LogP contribution is 2.33. The number of hydrogen-bond acceptors (Lipinski definition) is 7. The summed E-state index contributed by atoms with van der Waals surface area (Å²) in [5.41, 5.74) is 1.08. The van der Waals surface area contributed by atoms with Gasteiger partial charge in [-0.2, -0.15) is 0 Å². The van der Waals surface area contributed by atoms with Gasteiger partial charge in [-0.15, -0.1) is 11.3 Å². The number of nitrogens with one attached hydrogen (secondary N) is 1. The van der Waals surface area contributed by atoms with Crippen molar-refractivity contribution in [3.05, 3.63) is 38.3 Å². The number of benzene rings is 1. The zero-order valence-electron chi connectivity index (χ0n) is 17.0. The van der Waals surface area contributed by atoms with Crippen LogP contribution in [0.4, 0.5) is 5.69 Å². The predicted molar refractivity (Wildman–Crippen MR) is 128 cm³/mol. The molecule has 31 heavy (non-hydrogen) atoms. The van der Waals surface area contributed by atoms with Crippen molar-refractivity contribution in [2.45, 2.75) is 43.2 Å². The van der Waals surface area contributed by atoms with Crippen molar-refractivity contribution in [2.75, 3.05) is 24.2 Å². The van der Waals surface area contributed by atoms with Crippen LogP contribution < -0.4 is 5.32 Å². The molecule has 1 aliphatic heterocycles. The Kier molecular flexibility index (Phi) is 8.75. The lowest BCUT2D eigenvalue weighted by atomic mass is 10.2. The van der Waals surface area contributed by atoms with Crippen molar-refractivity contribution in [2.24, 2.45) is 0 Å². The second-order valence-electron chi connectivity index (χ2n) is 7.22. The van der Waals surface area contributed by atoms with Crippen molar-refractivity contribution >= 4 is 75.5 Å². The fourth-order valence-corrected chi connectivity index (χ4v) is 5.53. The highest BCUT2D eigenvalue weighted by Gasteiger charge is 2.30. The molecular weight excluding hydrogens is 501 g/mol. The number of esters is 1. The third-order valence-electron chi connectivity index (χ3n) is 4.57. The molecule has 2 heterocycles. The Hall–Kier alpha value is -1.19. The SMILES string of the molecule is CC(C)OC(=O)c1csc(SCCN2C(=O)CC[C@@H]2CNc2cc(Cl)c(Cl)c(Cl)c2)n1. The molecule has 1 atom stereocenters. The molecule has 3 rings (SSSR count). The van der Waals surface area contributed by atoms with Gasteiger partial charge in [0.1, 0.15) is 0 Å². The first-order valence-electron chi connectivity index (χ1n) is 9.71. The van der Waals surface area contributed by atoms with E-state index in [1.54, 1.807) is 31.4 Å². The molecule has 1 N–H and O–H groups in total. The molecule has 1 amide bonds. The van der Waals surface area contributed by atoms with Gasteiger partial charge in [0, 0.05) is 42.4 Å². The first-order valence-corrected chi connectivity index (χ1v) is 12.7. The largest absolute Gasteiger partial charge is 0.458 e. The number of thiazole rings is 1. The molecule has 2 aromatic rings. The van der Waals surface area contributed by atoms with Crippen LogP contribution in [0, 0.1) is 0 Å². The molecule has 11 heteroatoms. The summed E-state index contributed by atoms with van der Waals surface area (Å²) in [5, 5.41) is 6.08. The van der Waals surface area contributed by atoms with Crippen LogP contribution in [0.5, 0.6) is 0 Å². The standard InChI is InChI=1S/C20H22Cl3N3O3S2/c1-11(2)29-19(28)16-10-31-20(25-16)30-6-5-26-13(3-4-17(26)27)9-24-12-7-14(21)18(23)15(22)8-12/h7-8,10-11,13,24H,3-6,9H2,1-2H3/t13-/m1/s1. The van der Waals surface area contributed by atoms with Gasteiger partial charge in [-0.25, -0.2) is 9.78 Å². The zero-order chi connectivity index (χ0) is 22.5. The number of amides is 1. The Morgan fingerprint density at radius 1 is 1.35 bits per heavy atom. The smallest absolute Gasteiger partial charge is 0.358 e. The van der Waals surface area contributed by atoms with Crippen molar-refractivity contribution in [3.8, 4) is 0 Å². The van der Waals surface area contributed by atoms with Gasteiger partial charge in [0.15, 0.2) is 10.0 Å². The minimum Gasteiger partial charge on any atom is -0.458 e. The maximum Gasteiger partial charge on any atom is 0.358 e. The predicted octanol–water partition coefficient (Wildman–Crippen LogP) is 5.86. The monoisotopic (exact) mass is 521 g/mol. The number of thioether (sulfide) groups is 1. The summed E-state index contributed by atoms with van der Waals surface area (Å²) < 4.78 is 5.94. The Morgan fingerprint density at radius 2 is 2.06 bits per heavy atom. The highest BCUT2D eigenvalue weighted by molar-refractivity contribution is 8.01. The van der Waals surface area contributed by atoms with Gasteiger partial charge in [0.2, 0.25) is 5.91 Å². The number of hydrogen-bond donors (Lipinski definition) is 1. The van der Waals surface area contributed by atoms with E-state index in [1.165, 1.54) is 23.1 Å². The second-order valence-corrected chi connectivity index (χ2v) is 10.6. The molecule has 168 valence electrons. The van der Waals surface area contributed by atoms with Gasteiger partial charge in [-0.1, -0.05) is 46.6 Å². The molecule has 6 nitrogen and oxygen atoms in total. The molecule has 1 aromatic carbocycles. The molecule has 0 aliphatic carbocycles. The Balaban J connectivity index is 1.50. The molecule has 1 fully saturated rings. The number of rotatable bonds is 9. The number of aromatic nitrogens is 1. The van der Waals surface area contributed by atoms with E-state index in [9.17, 15) is 9.59 Å². The highest BCUT2D eigenvalue weighted by atomic mass is 35.5. The van der Waals surface area contributed by atoms with Crippen molar-refractivity contribution in [3.63, 3.8) is 0 Å². The molecule has 1 saturated heterocycles. The van der Waals surface area contributed by atoms with E-state index in [1.807, 2.05) is 4.90 Å². The number of likely N-dealkylation sites (tertiary alicyclic amines) is 1. The van der Waals surface area contributed by atoms with E-state index in [4.69, 9.17) is 39.5 Å². The number of carbonyl (C=O) groups excluding carboxylic acids is 2. The van der Waals surface area contributed by atoms with E-state index in [-0.39, 0.29) is 18.1 Å². The number of halogens is 3. The van der Waals surface area contributed by atoms with Crippen LogP contribution in [0.25, 0.3) is 0 Å². The van der Waals surface area contributed by atoms with Crippen LogP contribution in [0.1, 0.15) is 37.2 Å². The third kappa shape index (κ3) is 6.65. The Bertz CT molecular complexity index is 932. The molecular formula is C20H22Cl3N3O3S2. The molecule has 1 aromatic heterocycles. The maximum absolute atomic E-state index is 12.3. The summed E-state index contributed by atoms with van der Waals surface area (Å²) in [5.74, 6) is 0.411. The van der Waals surface area contributed by atoms with Crippen molar-refractivity contribution in [1.82, 2.24) is 9.88 Å². The van der Waals surface area contributed by atoms with E-state index in [0.717, 1.165) is 16.4 Å². The quantitative estimate of drug-likeness (QED) is 0.252. The fourth-order valence-electron chi connectivity index (χ4n) is 3.13. The van der Waals surface area contributed by atoms with Crippen molar-refractivity contribution < 1.29 is 14.3 Å².